The van der Waals surface area contributed by atoms with Gasteiger partial charge in [-0.25, -0.2) is 0 Å². The molecule has 1 saturated heterocycles. The van der Waals surface area contributed by atoms with Crippen LogP contribution in [0.2, 0.25) is 0 Å². The van der Waals surface area contributed by atoms with Crippen LogP contribution in [-0.2, 0) is 4.79 Å². The molecule has 1 aliphatic carbocycles. The molecule has 0 spiro atoms. The molecule has 0 atom stereocenters. The molecule has 0 bridgehead atoms. The molecule has 2 aliphatic rings. The fourth-order valence-electron chi connectivity index (χ4n) is 3.03. The molecule has 0 aromatic rings. The van der Waals surface area contributed by atoms with Crippen molar-refractivity contribution < 1.29 is 4.79 Å². The Bertz CT molecular complexity index is 334. The first-order valence-corrected chi connectivity index (χ1v) is 7.51. The largest absolute Gasteiger partial charge is 0.318 e. The van der Waals surface area contributed by atoms with Crippen molar-refractivity contribution >= 4 is 5.91 Å². The summed E-state index contributed by atoms with van der Waals surface area (Å²) in [7, 11) is 3.98. The summed E-state index contributed by atoms with van der Waals surface area (Å²) in [6, 6.07) is 0. The van der Waals surface area contributed by atoms with Crippen molar-refractivity contribution in [3.8, 4) is 0 Å². The molecule has 1 fully saturated rings. The van der Waals surface area contributed by atoms with Gasteiger partial charge >= 0.3 is 0 Å². The van der Waals surface area contributed by atoms with Gasteiger partial charge in [0.25, 0.3) is 0 Å². The molecule has 0 saturated carbocycles. The Morgan fingerprint density at radius 3 is 2.74 bits per heavy atom. The Hall–Kier alpha value is -0.870. The predicted octanol–water partition coefficient (Wildman–Crippen LogP) is 1.44. The third-order valence-corrected chi connectivity index (χ3v) is 4.26. The van der Waals surface area contributed by atoms with E-state index in [-0.39, 0.29) is 5.91 Å². The summed E-state index contributed by atoms with van der Waals surface area (Å²) in [6.45, 7) is 3.83. The molecule has 4 nitrogen and oxygen atoms in total. The lowest BCUT2D eigenvalue weighted by Gasteiger charge is -2.28. The second-order valence-corrected chi connectivity index (χ2v) is 5.93. The van der Waals surface area contributed by atoms with Crippen molar-refractivity contribution in [1.29, 1.82) is 0 Å². The van der Waals surface area contributed by atoms with Crippen LogP contribution >= 0.6 is 0 Å². The maximum Gasteiger partial charge on any atom is 0.240 e. The third-order valence-electron chi connectivity index (χ3n) is 4.26. The van der Waals surface area contributed by atoms with E-state index in [9.17, 15) is 4.79 Å². The highest BCUT2D eigenvalue weighted by Crippen LogP contribution is 2.20. The molecule has 0 unspecified atom stereocenters. The number of nitrogens with one attached hydrogen (secondary N) is 1. The Kier molecular flexibility index (Phi) is 5.40. The highest BCUT2D eigenvalue weighted by molar-refractivity contribution is 5.79. The number of allylic oxidation sites excluding steroid dienone is 2. The minimum atomic E-state index is 0.226. The Morgan fingerprint density at radius 2 is 2.11 bits per heavy atom. The lowest BCUT2D eigenvalue weighted by atomic mass is 9.98. The molecule has 2 rings (SSSR count). The number of carbonyl (C=O) groups excluding carboxylic acids is 1. The van der Waals surface area contributed by atoms with Gasteiger partial charge < -0.3 is 10.2 Å². The highest BCUT2D eigenvalue weighted by Gasteiger charge is 2.20. The number of amides is 1. The van der Waals surface area contributed by atoms with Gasteiger partial charge in [0.2, 0.25) is 5.91 Å². The second kappa shape index (κ2) is 7.06. The molecule has 1 amide bonds. The van der Waals surface area contributed by atoms with E-state index in [1.807, 2.05) is 11.9 Å². The monoisotopic (exact) mass is 265 g/mol. The first kappa shape index (κ1) is 14.5. The van der Waals surface area contributed by atoms with Gasteiger partial charge in [-0.15, -0.1) is 0 Å². The molecule has 19 heavy (non-hydrogen) atoms. The van der Waals surface area contributed by atoms with Crippen LogP contribution in [-0.4, -0.2) is 56.0 Å². The normalized spacial score (nSPS) is 20.7. The topological polar surface area (TPSA) is 35.6 Å². The van der Waals surface area contributed by atoms with E-state index >= 15 is 0 Å². The zero-order valence-corrected chi connectivity index (χ0v) is 12.3. The predicted molar refractivity (Wildman–Crippen MR) is 77.8 cm³/mol. The Balaban J connectivity index is 1.74. The summed E-state index contributed by atoms with van der Waals surface area (Å²) >= 11 is 0. The van der Waals surface area contributed by atoms with Gasteiger partial charge in [0.1, 0.15) is 0 Å². The summed E-state index contributed by atoms with van der Waals surface area (Å²) in [5.41, 5.74) is 1.21. The summed E-state index contributed by atoms with van der Waals surface area (Å²) in [4.78, 5) is 16.3. The minimum Gasteiger partial charge on any atom is -0.318 e. The number of hydrogen-bond acceptors (Lipinski definition) is 3. The molecule has 1 N–H and O–H groups in total. The van der Waals surface area contributed by atoms with Crippen molar-refractivity contribution in [2.24, 2.45) is 5.92 Å². The smallest absolute Gasteiger partial charge is 0.240 e. The maximum atomic E-state index is 12.2. The average Bonchev–Trinajstić information content (AvgIpc) is 2.92. The molecule has 0 aromatic carbocycles. The molecule has 1 heterocycles. The first-order valence-electron chi connectivity index (χ1n) is 7.51. The van der Waals surface area contributed by atoms with Gasteiger partial charge in [-0.3, -0.25) is 9.69 Å². The van der Waals surface area contributed by atoms with Gasteiger partial charge in [0.15, 0.2) is 0 Å². The van der Waals surface area contributed by atoms with Crippen LogP contribution in [0.25, 0.3) is 0 Å². The van der Waals surface area contributed by atoms with Crippen LogP contribution in [0.3, 0.4) is 0 Å². The standard InChI is InChI=1S/C15H27N3O/c1-17(11-13-7-9-16-10-8-13)12-15(19)18(2)14-5-3-4-6-14/h5,13,16H,3-4,6-12H2,1-2H3. The van der Waals surface area contributed by atoms with Crippen LogP contribution in [0.4, 0.5) is 0 Å². The quantitative estimate of drug-likeness (QED) is 0.817. The third kappa shape index (κ3) is 4.32. The molecule has 0 aromatic heterocycles. The van der Waals surface area contributed by atoms with Gasteiger partial charge in [0, 0.05) is 19.3 Å². The van der Waals surface area contributed by atoms with Crippen LogP contribution in [0.1, 0.15) is 32.1 Å². The average molecular weight is 265 g/mol. The SMILES string of the molecule is CN(CC(=O)N(C)C1=CCCC1)CC1CCNCC1. The molecule has 108 valence electrons. The van der Waals surface area contributed by atoms with Gasteiger partial charge in [-0.1, -0.05) is 6.08 Å². The molecule has 4 heteroatoms. The van der Waals surface area contributed by atoms with E-state index in [0.717, 1.165) is 38.4 Å². The highest BCUT2D eigenvalue weighted by atomic mass is 16.2. The summed E-state index contributed by atoms with van der Waals surface area (Å²) in [6.07, 6.45) is 8.04. The number of likely N-dealkylation sites (N-methyl/N-ethyl adjacent to an activating group) is 2. The van der Waals surface area contributed by atoms with Crippen molar-refractivity contribution in [3.63, 3.8) is 0 Å². The van der Waals surface area contributed by atoms with Gasteiger partial charge in [-0.05, 0) is 58.2 Å². The summed E-state index contributed by atoms with van der Waals surface area (Å²) in [5, 5.41) is 3.38. The maximum absolute atomic E-state index is 12.2. The van der Waals surface area contributed by atoms with E-state index in [4.69, 9.17) is 0 Å². The number of rotatable bonds is 5. The van der Waals surface area contributed by atoms with E-state index in [0.29, 0.717) is 6.54 Å². The number of piperidine rings is 1. The second-order valence-electron chi connectivity index (χ2n) is 5.93. The van der Waals surface area contributed by atoms with E-state index in [1.54, 1.807) is 0 Å². The molecule has 1 aliphatic heterocycles. The molecular formula is C15H27N3O. The van der Waals surface area contributed by atoms with Crippen molar-refractivity contribution in [2.45, 2.75) is 32.1 Å². The zero-order valence-electron chi connectivity index (χ0n) is 12.3. The van der Waals surface area contributed by atoms with Crippen LogP contribution < -0.4 is 5.32 Å². The van der Waals surface area contributed by atoms with E-state index in [2.05, 4.69) is 23.3 Å². The fraction of sp³-hybridized carbons (Fsp3) is 0.800. The summed E-state index contributed by atoms with van der Waals surface area (Å²) < 4.78 is 0. The van der Waals surface area contributed by atoms with Crippen molar-refractivity contribution in [1.82, 2.24) is 15.1 Å². The van der Waals surface area contributed by atoms with Crippen LogP contribution in [0.5, 0.6) is 0 Å². The number of hydrogen-bond donors (Lipinski definition) is 1. The number of nitrogens with zero attached hydrogens (tertiary/aromatic N) is 2. The Morgan fingerprint density at radius 1 is 1.37 bits per heavy atom. The molecule has 0 radical (unpaired) electrons. The van der Waals surface area contributed by atoms with Crippen LogP contribution in [0.15, 0.2) is 11.8 Å². The van der Waals surface area contributed by atoms with Crippen molar-refractivity contribution in [3.05, 3.63) is 11.8 Å². The van der Waals surface area contributed by atoms with Gasteiger partial charge in [-0.2, -0.15) is 0 Å². The number of carbonyl (C=O) groups is 1. The lowest BCUT2D eigenvalue weighted by molar-refractivity contribution is -0.129. The van der Waals surface area contributed by atoms with Crippen molar-refractivity contribution in [2.75, 3.05) is 40.3 Å². The lowest BCUT2D eigenvalue weighted by Crippen LogP contribution is -2.40. The minimum absolute atomic E-state index is 0.226. The summed E-state index contributed by atoms with van der Waals surface area (Å²) in [5.74, 6) is 0.972. The van der Waals surface area contributed by atoms with E-state index < -0.39 is 0 Å². The Labute approximate surface area is 116 Å². The molecular weight excluding hydrogens is 238 g/mol. The van der Waals surface area contributed by atoms with Gasteiger partial charge in [0.05, 0.1) is 6.54 Å². The fourth-order valence-corrected chi connectivity index (χ4v) is 3.03. The first-order chi connectivity index (χ1) is 9.16. The zero-order chi connectivity index (χ0) is 13.7. The van der Waals surface area contributed by atoms with E-state index in [1.165, 1.54) is 25.0 Å². The van der Waals surface area contributed by atoms with Crippen LogP contribution in [0, 0.1) is 5.92 Å².